The molecule has 0 atom stereocenters. The van der Waals surface area contributed by atoms with Gasteiger partial charge in [-0.2, -0.15) is 5.10 Å². The first-order valence-electron chi connectivity index (χ1n) is 7.05. The number of nitrogens with zero attached hydrogens (tertiary/aromatic N) is 2. The van der Waals surface area contributed by atoms with E-state index in [4.69, 9.17) is 16.9 Å². The summed E-state index contributed by atoms with van der Waals surface area (Å²) in [5.74, 6) is 2.10. The van der Waals surface area contributed by atoms with Gasteiger partial charge in [-0.15, -0.1) is 6.42 Å². The molecular weight excluding hydrogens is 324 g/mol. The Balaban J connectivity index is 2.19. The van der Waals surface area contributed by atoms with Gasteiger partial charge in [0, 0.05) is 23.4 Å². The van der Waals surface area contributed by atoms with Gasteiger partial charge in [0.1, 0.15) is 12.4 Å². The summed E-state index contributed by atoms with van der Waals surface area (Å²) in [5, 5.41) is 14.7. The Morgan fingerprint density at radius 1 is 1.40 bits per heavy atom. The van der Waals surface area contributed by atoms with E-state index in [9.17, 15) is 14.9 Å². The van der Waals surface area contributed by atoms with Crippen LogP contribution in [0.25, 0.3) is 0 Å². The van der Waals surface area contributed by atoms with Crippen molar-refractivity contribution in [3.05, 3.63) is 63.7 Å². The molecule has 0 fully saturated rings. The van der Waals surface area contributed by atoms with Crippen LogP contribution in [0.4, 0.5) is 11.4 Å². The van der Waals surface area contributed by atoms with Crippen molar-refractivity contribution in [2.75, 3.05) is 12.3 Å². The van der Waals surface area contributed by atoms with Crippen molar-refractivity contribution >= 4 is 23.5 Å². The maximum Gasteiger partial charge on any atom is 0.273 e. The standard InChI is InChI=1S/C17H14N4O4/c1-2-9-25-16-8-7-13(21(23)24)10-12(16)11-19-20-17(22)14-5-3-4-6-15(14)18/h1,3-8,10-11H,9,18H2,(H,20,22)/b19-11+. The molecule has 1 amide bonds. The maximum atomic E-state index is 12.0. The Hall–Kier alpha value is -3.86. The van der Waals surface area contributed by atoms with Crippen LogP contribution >= 0.6 is 0 Å². The van der Waals surface area contributed by atoms with E-state index in [1.165, 1.54) is 24.4 Å². The number of rotatable bonds is 6. The highest BCUT2D eigenvalue weighted by Gasteiger charge is 2.11. The summed E-state index contributed by atoms with van der Waals surface area (Å²) < 4.78 is 5.30. The van der Waals surface area contributed by atoms with Gasteiger partial charge in [-0.1, -0.05) is 18.1 Å². The second-order valence-electron chi connectivity index (χ2n) is 4.76. The minimum atomic E-state index is -0.550. The summed E-state index contributed by atoms with van der Waals surface area (Å²) in [7, 11) is 0. The second kappa shape index (κ2) is 8.12. The summed E-state index contributed by atoms with van der Waals surface area (Å²) in [6, 6.07) is 10.5. The van der Waals surface area contributed by atoms with Gasteiger partial charge in [0.2, 0.25) is 0 Å². The van der Waals surface area contributed by atoms with Crippen LogP contribution in [-0.2, 0) is 0 Å². The van der Waals surface area contributed by atoms with Gasteiger partial charge < -0.3 is 10.5 Å². The number of nitrogen functional groups attached to an aromatic ring is 1. The number of carbonyl (C=O) groups excluding carboxylic acids is 1. The lowest BCUT2D eigenvalue weighted by atomic mass is 10.2. The van der Waals surface area contributed by atoms with Gasteiger partial charge in [0.25, 0.3) is 11.6 Å². The van der Waals surface area contributed by atoms with Crippen molar-refractivity contribution in [2.24, 2.45) is 5.10 Å². The third-order valence-electron chi connectivity index (χ3n) is 3.09. The number of nitrogens with two attached hydrogens (primary N) is 1. The first-order chi connectivity index (χ1) is 12.0. The number of hydrazone groups is 1. The fraction of sp³-hybridized carbons (Fsp3) is 0.0588. The molecule has 0 heterocycles. The zero-order chi connectivity index (χ0) is 18.2. The summed E-state index contributed by atoms with van der Waals surface area (Å²) in [5.41, 5.74) is 8.74. The number of nitrogens with one attached hydrogen (secondary N) is 1. The van der Waals surface area contributed by atoms with E-state index in [0.717, 1.165) is 0 Å². The summed E-state index contributed by atoms with van der Waals surface area (Å²) in [4.78, 5) is 22.4. The predicted molar refractivity (Wildman–Crippen MR) is 93.3 cm³/mol. The van der Waals surface area contributed by atoms with Crippen molar-refractivity contribution < 1.29 is 14.5 Å². The van der Waals surface area contributed by atoms with E-state index in [1.54, 1.807) is 24.3 Å². The molecule has 0 aliphatic carbocycles. The highest BCUT2D eigenvalue weighted by molar-refractivity contribution is 5.99. The average molecular weight is 338 g/mol. The van der Waals surface area contributed by atoms with Crippen molar-refractivity contribution in [1.82, 2.24) is 5.43 Å². The lowest BCUT2D eigenvalue weighted by molar-refractivity contribution is -0.384. The van der Waals surface area contributed by atoms with Crippen LogP contribution in [0.1, 0.15) is 15.9 Å². The van der Waals surface area contributed by atoms with Crippen LogP contribution in [-0.4, -0.2) is 23.7 Å². The normalized spacial score (nSPS) is 10.2. The van der Waals surface area contributed by atoms with E-state index < -0.39 is 10.8 Å². The molecule has 8 nitrogen and oxygen atoms in total. The number of nitro groups is 1. The minimum Gasteiger partial charge on any atom is -0.480 e. The van der Waals surface area contributed by atoms with Gasteiger partial charge >= 0.3 is 0 Å². The highest BCUT2D eigenvalue weighted by atomic mass is 16.6. The van der Waals surface area contributed by atoms with Crippen LogP contribution in [0.15, 0.2) is 47.6 Å². The lowest BCUT2D eigenvalue weighted by Crippen LogP contribution is -2.19. The molecule has 25 heavy (non-hydrogen) atoms. The zero-order valence-corrected chi connectivity index (χ0v) is 13.0. The topological polar surface area (TPSA) is 120 Å². The predicted octanol–water partition coefficient (Wildman–Crippen LogP) is 1.95. The Labute approximate surface area is 143 Å². The number of nitro benzene ring substituents is 1. The van der Waals surface area contributed by atoms with E-state index in [-0.39, 0.29) is 17.9 Å². The monoisotopic (exact) mass is 338 g/mol. The first-order valence-corrected chi connectivity index (χ1v) is 7.05. The molecule has 0 spiro atoms. The molecule has 126 valence electrons. The number of amides is 1. The number of benzene rings is 2. The smallest absolute Gasteiger partial charge is 0.273 e. The Morgan fingerprint density at radius 3 is 2.84 bits per heavy atom. The van der Waals surface area contributed by atoms with Gasteiger partial charge in [-0.05, 0) is 18.2 Å². The van der Waals surface area contributed by atoms with Crippen molar-refractivity contribution in [2.45, 2.75) is 0 Å². The van der Waals surface area contributed by atoms with Gasteiger partial charge in [0.15, 0.2) is 0 Å². The summed E-state index contributed by atoms with van der Waals surface area (Å²) >= 11 is 0. The molecule has 0 radical (unpaired) electrons. The van der Waals surface area contributed by atoms with E-state index in [0.29, 0.717) is 17.0 Å². The largest absolute Gasteiger partial charge is 0.480 e. The number of terminal acetylenes is 1. The zero-order valence-electron chi connectivity index (χ0n) is 13.0. The number of para-hydroxylation sites is 1. The van der Waals surface area contributed by atoms with Crippen molar-refractivity contribution in [1.29, 1.82) is 0 Å². The van der Waals surface area contributed by atoms with Crippen LogP contribution < -0.4 is 15.9 Å². The molecule has 0 aliphatic rings. The van der Waals surface area contributed by atoms with Crippen LogP contribution in [0.5, 0.6) is 5.75 Å². The molecule has 8 heteroatoms. The van der Waals surface area contributed by atoms with Gasteiger partial charge in [-0.3, -0.25) is 14.9 Å². The molecule has 3 N–H and O–H groups in total. The third-order valence-corrected chi connectivity index (χ3v) is 3.09. The van der Waals surface area contributed by atoms with E-state index in [2.05, 4.69) is 16.4 Å². The van der Waals surface area contributed by atoms with E-state index >= 15 is 0 Å². The van der Waals surface area contributed by atoms with Crippen LogP contribution in [0, 0.1) is 22.5 Å². The number of anilines is 1. The molecule has 0 unspecified atom stereocenters. The second-order valence-corrected chi connectivity index (χ2v) is 4.76. The number of non-ortho nitro benzene ring substituents is 1. The number of hydrogen-bond donors (Lipinski definition) is 2. The maximum absolute atomic E-state index is 12.0. The van der Waals surface area contributed by atoms with E-state index in [1.807, 2.05) is 0 Å². The number of ether oxygens (including phenoxy) is 1. The first kappa shape index (κ1) is 17.5. The summed E-state index contributed by atoms with van der Waals surface area (Å²) in [6.45, 7) is -0.00837. The number of hydrogen-bond acceptors (Lipinski definition) is 6. The molecule has 0 aromatic heterocycles. The van der Waals surface area contributed by atoms with Gasteiger partial charge in [0.05, 0.1) is 16.7 Å². The summed E-state index contributed by atoms with van der Waals surface area (Å²) in [6.07, 6.45) is 6.37. The fourth-order valence-electron chi connectivity index (χ4n) is 1.93. The number of carbonyl (C=O) groups is 1. The highest BCUT2D eigenvalue weighted by Crippen LogP contribution is 2.22. The molecular formula is C17H14N4O4. The quantitative estimate of drug-likeness (QED) is 0.274. The SMILES string of the molecule is C#CCOc1ccc([N+](=O)[O-])cc1/C=N/NC(=O)c1ccccc1N. The van der Waals surface area contributed by atoms with Crippen molar-refractivity contribution in [3.8, 4) is 18.1 Å². The molecule has 0 saturated carbocycles. The molecule has 2 aromatic carbocycles. The lowest BCUT2D eigenvalue weighted by Gasteiger charge is -2.06. The Bertz CT molecular complexity index is 871. The van der Waals surface area contributed by atoms with Gasteiger partial charge in [-0.25, -0.2) is 5.43 Å². The third kappa shape index (κ3) is 4.56. The van der Waals surface area contributed by atoms with Crippen molar-refractivity contribution in [3.63, 3.8) is 0 Å². The molecule has 0 aliphatic heterocycles. The molecule has 2 rings (SSSR count). The average Bonchev–Trinajstić information content (AvgIpc) is 2.60. The molecule has 2 aromatic rings. The Kier molecular flexibility index (Phi) is 5.68. The minimum absolute atomic E-state index is 0.00837. The Morgan fingerprint density at radius 2 is 2.16 bits per heavy atom. The van der Waals surface area contributed by atoms with Crippen LogP contribution in [0.2, 0.25) is 0 Å². The molecule has 0 bridgehead atoms. The van der Waals surface area contributed by atoms with Crippen LogP contribution in [0.3, 0.4) is 0 Å². The molecule has 0 saturated heterocycles. The fourth-order valence-corrected chi connectivity index (χ4v) is 1.93.